The number of hydrogen-bond donors (Lipinski definition) is 1. The van der Waals surface area contributed by atoms with Crippen LogP contribution in [0.3, 0.4) is 0 Å². The highest BCUT2D eigenvalue weighted by molar-refractivity contribution is 6.05. The number of anilines is 2. The summed E-state index contributed by atoms with van der Waals surface area (Å²) in [7, 11) is 1.64. The molecule has 0 fully saturated rings. The molecule has 1 atom stereocenters. The van der Waals surface area contributed by atoms with E-state index in [1.807, 2.05) is 0 Å². The Labute approximate surface area is 132 Å². The number of carbonyl (C=O) groups excluding carboxylic acids is 2. The van der Waals surface area contributed by atoms with Gasteiger partial charge in [0.05, 0.1) is 11.3 Å². The number of ether oxygens (including phenoxy) is 1. The molecule has 6 heteroatoms. The molecule has 3 rings (SSSR count). The molecule has 2 aromatic carbocycles. The predicted octanol–water partition coefficient (Wildman–Crippen LogP) is 2.82. The van der Waals surface area contributed by atoms with Crippen molar-refractivity contribution in [2.24, 2.45) is 0 Å². The van der Waals surface area contributed by atoms with Crippen molar-refractivity contribution in [3.8, 4) is 5.75 Å². The van der Waals surface area contributed by atoms with Gasteiger partial charge in [-0.15, -0.1) is 0 Å². The normalized spacial score (nSPS) is 16.6. The molecule has 0 saturated heterocycles. The standard InChI is InChI=1S/C17H15FN2O3/c1-10-17(22)20(2)14-9-11(7-8-15(14)23-10)19-16(21)12-5-3-4-6-13(12)18/h3-10H,1-2H3,(H,19,21)/t10-/m0/s1. The van der Waals surface area contributed by atoms with E-state index in [4.69, 9.17) is 4.74 Å². The lowest BCUT2D eigenvalue weighted by atomic mass is 10.1. The zero-order valence-corrected chi connectivity index (χ0v) is 12.7. The van der Waals surface area contributed by atoms with Crippen molar-refractivity contribution < 1.29 is 18.7 Å². The van der Waals surface area contributed by atoms with E-state index in [1.165, 1.54) is 23.1 Å². The average molecular weight is 314 g/mol. The Balaban J connectivity index is 1.87. The molecule has 1 aliphatic rings. The number of nitrogens with zero attached hydrogens (tertiary/aromatic N) is 1. The van der Waals surface area contributed by atoms with E-state index < -0.39 is 17.8 Å². The molecule has 1 N–H and O–H groups in total. The van der Waals surface area contributed by atoms with Gasteiger partial charge in [0.1, 0.15) is 11.6 Å². The zero-order valence-electron chi connectivity index (χ0n) is 12.7. The Morgan fingerprint density at radius 2 is 2.00 bits per heavy atom. The fourth-order valence-corrected chi connectivity index (χ4v) is 2.43. The van der Waals surface area contributed by atoms with Crippen LogP contribution in [-0.2, 0) is 4.79 Å². The first-order chi connectivity index (χ1) is 11.0. The van der Waals surface area contributed by atoms with Crippen molar-refractivity contribution in [2.75, 3.05) is 17.3 Å². The minimum Gasteiger partial charge on any atom is -0.479 e. The van der Waals surface area contributed by atoms with Crippen LogP contribution in [0.1, 0.15) is 17.3 Å². The molecule has 2 amide bonds. The second-order valence-corrected chi connectivity index (χ2v) is 5.27. The van der Waals surface area contributed by atoms with Gasteiger partial charge in [-0.2, -0.15) is 0 Å². The number of likely N-dealkylation sites (N-methyl/N-ethyl adjacent to an activating group) is 1. The monoisotopic (exact) mass is 314 g/mol. The number of halogens is 1. The average Bonchev–Trinajstić information content (AvgIpc) is 2.54. The van der Waals surface area contributed by atoms with Gasteiger partial charge in [0, 0.05) is 12.7 Å². The van der Waals surface area contributed by atoms with Gasteiger partial charge in [-0.05, 0) is 37.3 Å². The lowest BCUT2D eigenvalue weighted by Gasteiger charge is -2.30. The van der Waals surface area contributed by atoms with Gasteiger partial charge in [0.25, 0.3) is 11.8 Å². The van der Waals surface area contributed by atoms with Gasteiger partial charge in [0.2, 0.25) is 0 Å². The van der Waals surface area contributed by atoms with Crippen molar-refractivity contribution in [1.29, 1.82) is 0 Å². The van der Waals surface area contributed by atoms with Gasteiger partial charge < -0.3 is 15.0 Å². The summed E-state index contributed by atoms with van der Waals surface area (Å²) in [4.78, 5) is 25.6. The summed E-state index contributed by atoms with van der Waals surface area (Å²) in [6.45, 7) is 1.68. The molecule has 23 heavy (non-hydrogen) atoms. The summed E-state index contributed by atoms with van der Waals surface area (Å²) < 4.78 is 19.2. The van der Waals surface area contributed by atoms with Crippen LogP contribution in [0.4, 0.5) is 15.8 Å². The summed E-state index contributed by atoms with van der Waals surface area (Å²) >= 11 is 0. The third kappa shape index (κ3) is 2.75. The number of fused-ring (bicyclic) bond motifs is 1. The van der Waals surface area contributed by atoms with Gasteiger partial charge in [-0.25, -0.2) is 4.39 Å². The van der Waals surface area contributed by atoms with E-state index in [0.29, 0.717) is 17.1 Å². The van der Waals surface area contributed by atoms with Crippen molar-refractivity contribution in [1.82, 2.24) is 0 Å². The number of amides is 2. The Morgan fingerprint density at radius 1 is 1.26 bits per heavy atom. The Bertz CT molecular complexity index is 791. The molecule has 0 aliphatic carbocycles. The SMILES string of the molecule is C[C@@H]1Oc2ccc(NC(=O)c3ccccc3F)cc2N(C)C1=O. The molecule has 1 heterocycles. The van der Waals surface area contributed by atoms with Crippen molar-refractivity contribution in [2.45, 2.75) is 13.0 Å². The van der Waals surface area contributed by atoms with E-state index in [-0.39, 0.29) is 11.5 Å². The molecule has 0 bridgehead atoms. The molecular weight excluding hydrogens is 299 g/mol. The van der Waals surface area contributed by atoms with E-state index in [1.54, 1.807) is 38.2 Å². The fraction of sp³-hybridized carbons (Fsp3) is 0.176. The summed E-state index contributed by atoms with van der Waals surface area (Å²) in [5.74, 6) is -0.756. The first kappa shape index (κ1) is 15.0. The van der Waals surface area contributed by atoms with E-state index in [2.05, 4.69) is 5.32 Å². The van der Waals surface area contributed by atoms with Crippen molar-refractivity contribution in [3.63, 3.8) is 0 Å². The van der Waals surface area contributed by atoms with Crippen LogP contribution in [0.25, 0.3) is 0 Å². The summed E-state index contributed by atoms with van der Waals surface area (Å²) in [6.07, 6.45) is -0.550. The largest absolute Gasteiger partial charge is 0.479 e. The first-order valence-electron chi connectivity index (χ1n) is 7.11. The van der Waals surface area contributed by atoms with E-state index in [9.17, 15) is 14.0 Å². The summed E-state index contributed by atoms with van der Waals surface area (Å²) in [6, 6.07) is 10.7. The number of benzene rings is 2. The van der Waals surface area contributed by atoms with Crippen LogP contribution in [0, 0.1) is 5.82 Å². The van der Waals surface area contributed by atoms with Crippen LogP contribution in [-0.4, -0.2) is 25.0 Å². The highest BCUT2D eigenvalue weighted by Gasteiger charge is 2.29. The maximum absolute atomic E-state index is 13.6. The number of hydrogen-bond acceptors (Lipinski definition) is 3. The van der Waals surface area contributed by atoms with Gasteiger partial charge in [0.15, 0.2) is 6.10 Å². The van der Waals surface area contributed by atoms with Crippen molar-refractivity contribution >= 4 is 23.2 Å². The predicted molar refractivity (Wildman–Crippen MR) is 84.3 cm³/mol. The fourth-order valence-electron chi connectivity index (χ4n) is 2.43. The first-order valence-corrected chi connectivity index (χ1v) is 7.11. The molecule has 0 saturated carbocycles. The highest BCUT2D eigenvalue weighted by atomic mass is 19.1. The van der Waals surface area contributed by atoms with Crippen LogP contribution in [0.15, 0.2) is 42.5 Å². The van der Waals surface area contributed by atoms with Gasteiger partial charge >= 0.3 is 0 Å². The lowest BCUT2D eigenvalue weighted by Crippen LogP contribution is -2.41. The molecule has 0 unspecified atom stereocenters. The molecule has 0 aromatic heterocycles. The van der Waals surface area contributed by atoms with Crippen LogP contribution >= 0.6 is 0 Å². The van der Waals surface area contributed by atoms with Crippen LogP contribution in [0.5, 0.6) is 5.75 Å². The Kier molecular flexibility index (Phi) is 3.73. The molecule has 0 spiro atoms. The minimum atomic E-state index is -0.590. The lowest BCUT2D eigenvalue weighted by molar-refractivity contribution is -0.125. The van der Waals surface area contributed by atoms with E-state index >= 15 is 0 Å². The number of rotatable bonds is 2. The molecule has 0 radical (unpaired) electrons. The molecular formula is C17H15FN2O3. The maximum atomic E-state index is 13.6. The van der Waals surface area contributed by atoms with Gasteiger partial charge in [-0.3, -0.25) is 9.59 Å². The van der Waals surface area contributed by atoms with Crippen LogP contribution in [0.2, 0.25) is 0 Å². The Morgan fingerprint density at radius 3 is 2.74 bits per heavy atom. The molecule has 2 aromatic rings. The zero-order chi connectivity index (χ0) is 16.6. The van der Waals surface area contributed by atoms with Crippen LogP contribution < -0.4 is 15.0 Å². The molecule has 118 valence electrons. The molecule has 5 nitrogen and oxygen atoms in total. The van der Waals surface area contributed by atoms with E-state index in [0.717, 1.165) is 0 Å². The summed E-state index contributed by atoms with van der Waals surface area (Å²) in [5, 5.41) is 2.62. The second-order valence-electron chi connectivity index (χ2n) is 5.27. The maximum Gasteiger partial charge on any atom is 0.267 e. The number of carbonyl (C=O) groups is 2. The summed E-state index contributed by atoms with van der Waals surface area (Å²) in [5.41, 5.74) is 0.966. The highest BCUT2D eigenvalue weighted by Crippen LogP contribution is 2.35. The minimum absolute atomic E-state index is 0.0421. The topological polar surface area (TPSA) is 58.6 Å². The van der Waals surface area contributed by atoms with Crippen molar-refractivity contribution in [3.05, 3.63) is 53.8 Å². The van der Waals surface area contributed by atoms with Gasteiger partial charge in [-0.1, -0.05) is 12.1 Å². The molecule has 1 aliphatic heterocycles. The quantitative estimate of drug-likeness (QED) is 0.927. The third-order valence-electron chi connectivity index (χ3n) is 3.68. The Hall–Kier alpha value is -2.89. The third-order valence-corrected chi connectivity index (χ3v) is 3.68. The number of nitrogens with one attached hydrogen (secondary N) is 1. The second kappa shape index (κ2) is 5.72. The smallest absolute Gasteiger partial charge is 0.267 e.